The summed E-state index contributed by atoms with van der Waals surface area (Å²) in [7, 11) is 0. The van der Waals surface area contributed by atoms with Gasteiger partial charge in [-0.15, -0.1) is 11.3 Å². The SMILES string of the molecule is N#Cc1ccc(N2CCCN(Cc3csc(-c4ccc(Cl)cc4)n3)CC2)cc1. The Morgan fingerprint density at radius 3 is 2.54 bits per heavy atom. The molecule has 3 aromatic rings. The predicted octanol–water partition coefficient (Wildman–Crippen LogP) is 5.05. The van der Waals surface area contributed by atoms with E-state index in [1.807, 2.05) is 48.5 Å². The van der Waals surface area contributed by atoms with Gasteiger partial charge in [-0.2, -0.15) is 5.26 Å². The summed E-state index contributed by atoms with van der Waals surface area (Å²) in [5.74, 6) is 0. The Morgan fingerprint density at radius 1 is 1.00 bits per heavy atom. The highest BCUT2D eigenvalue weighted by atomic mass is 35.5. The third-order valence-electron chi connectivity index (χ3n) is 4.98. The summed E-state index contributed by atoms with van der Waals surface area (Å²) in [4.78, 5) is 9.70. The van der Waals surface area contributed by atoms with Gasteiger partial charge in [0, 0.05) is 54.4 Å². The fourth-order valence-electron chi connectivity index (χ4n) is 3.47. The number of hydrogen-bond acceptors (Lipinski definition) is 5. The Balaban J connectivity index is 1.37. The topological polar surface area (TPSA) is 43.2 Å². The average molecular weight is 409 g/mol. The van der Waals surface area contributed by atoms with Crippen molar-refractivity contribution in [2.24, 2.45) is 0 Å². The molecule has 4 nitrogen and oxygen atoms in total. The molecule has 0 amide bonds. The number of hydrogen-bond donors (Lipinski definition) is 0. The normalized spacial score (nSPS) is 15.2. The lowest BCUT2D eigenvalue weighted by Gasteiger charge is -2.23. The maximum Gasteiger partial charge on any atom is 0.123 e. The molecule has 0 N–H and O–H groups in total. The fraction of sp³-hybridized carbons (Fsp3) is 0.273. The molecule has 1 aliphatic rings. The van der Waals surface area contributed by atoms with Gasteiger partial charge >= 0.3 is 0 Å². The van der Waals surface area contributed by atoms with Crippen molar-refractivity contribution in [3.8, 4) is 16.6 Å². The van der Waals surface area contributed by atoms with Gasteiger partial charge in [-0.25, -0.2) is 4.98 Å². The minimum absolute atomic E-state index is 0.709. The van der Waals surface area contributed by atoms with Crippen molar-refractivity contribution in [3.63, 3.8) is 0 Å². The molecular formula is C22H21ClN4S. The second-order valence-corrected chi connectivity index (χ2v) is 8.22. The number of thiazole rings is 1. The van der Waals surface area contributed by atoms with Crippen LogP contribution in [0.15, 0.2) is 53.9 Å². The van der Waals surface area contributed by atoms with Crippen LogP contribution in [0.5, 0.6) is 0 Å². The zero-order valence-corrected chi connectivity index (χ0v) is 17.1. The van der Waals surface area contributed by atoms with Crippen molar-refractivity contribution in [1.82, 2.24) is 9.88 Å². The van der Waals surface area contributed by atoms with E-state index in [0.29, 0.717) is 5.56 Å². The number of rotatable bonds is 4. The Morgan fingerprint density at radius 2 is 1.79 bits per heavy atom. The summed E-state index contributed by atoms with van der Waals surface area (Å²) in [6.07, 6.45) is 1.12. The summed E-state index contributed by atoms with van der Waals surface area (Å²) >= 11 is 7.66. The molecule has 2 aromatic carbocycles. The zero-order chi connectivity index (χ0) is 19.3. The molecule has 0 aliphatic carbocycles. The van der Waals surface area contributed by atoms with E-state index >= 15 is 0 Å². The first-order valence-electron chi connectivity index (χ1n) is 9.39. The maximum atomic E-state index is 8.96. The highest BCUT2D eigenvalue weighted by Crippen LogP contribution is 2.26. The summed E-state index contributed by atoms with van der Waals surface area (Å²) < 4.78 is 0. The van der Waals surface area contributed by atoms with Crippen molar-refractivity contribution in [2.45, 2.75) is 13.0 Å². The molecule has 28 heavy (non-hydrogen) atoms. The van der Waals surface area contributed by atoms with Gasteiger partial charge in [0.2, 0.25) is 0 Å². The van der Waals surface area contributed by atoms with Crippen LogP contribution in [0.4, 0.5) is 5.69 Å². The lowest BCUT2D eigenvalue weighted by molar-refractivity contribution is 0.282. The lowest BCUT2D eigenvalue weighted by Crippen LogP contribution is -2.30. The molecule has 0 radical (unpaired) electrons. The van der Waals surface area contributed by atoms with E-state index in [-0.39, 0.29) is 0 Å². The van der Waals surface area contributed by atoms with E-state index in [9.17, 15) is 0 Å². The molecule has 2 heterocycles. The molecule has 0 unspecified atom stereocenters. The smallest absolute Gasteiger partial charge is 0.123 e. The molecule has 0 bridgehead atoms. The highest BCUT2D eigenvalue weighted by molar-refractivity contribution is 7.13. The quantitative estimate of drug-likeness (QED) is 0.606. The first-order valence-corrected chi connectivity index (χ1v) is 10.6. The molecule has 0 saturated carbocycles. The molecule has 1 aromatic heterocycles. The maximum absolute atomic E-state index is 8.96. The van der Waals surface area contributed by atoms with Crippen molar-refractivity contribution < 1.29 is 0 Å². The largest absolute Gasteiger partial charge is 0.370 e. The van der Waals surface area contributed by atoms with Crippen LogP contribution in [0, 0.1) is 11.3 Å². The van der Waals surface area contributed by atoms with Crippen LogP contribution in [0.25, 0.3) is 10.6 Å². The zero-order valence-electron chi connectivity index (χ0n) is 15.5. The minimum Gasteiger partial charge on any atom is -0.370 e. The molecule has 4 rings (SSSR count). The van der Waals surface area contributed by atoms with Crippen LogP contribution in [0.3, 0.4) is 0 Å². The third kappa shape index (κ3) is 4.53. The molecule has 142 valence electrons. The minimum atomic E-state index is 0.709. The molecule has 1 aliphatic heterocycles. The molecule has 0 spiro atoms. The van der Waals surface area contributed by atoms with Gasteiger partial charge in [0.1, 0.15) is 5.01 Å². The molecular weight excluding hydrogens is 388 g/mol. The van der Waals surface area contributed by atoms with Gasteiger partial charge in [0.05, 0.1) is 17.3 Å². The van der Waals surface area contributed by atoms with Crippen molar-refractivity contribution in [2.75, 3.05) is 31.1 Å². The van der Waals surface area contributed by atoms with Gasteiger partial charge in [0.15, 0.2) is 0 Å². The average Bonchev–Trinajstić information content (AvgIpc) is 3.06. The number of nitrogens with zero attached hydrogens (tertiary/aromatic N) is 4. The molecule has 1 saturated heterocycles. The van der Waals surface area contributed by atoms with Crippen LogP contribution >= 0.6 is 22.9 Å². The highest BCUT2D eigenvalue weighted by Gasteiger charge is 2.16. The standard InChI is InChI=1S/C22H21ClN4S/c23-19-6-4-18(5-7-19)22-25-20(16-28-22)15-26-10-1-11-27(13-12-26)21-8-2-17(14-24)3-9-21/h2-9,16H,1,10-13,15H2. The fourth-order valence-corrected chi connectivity index (χ4v) is 4.41. The first kappa shape index (κ1) is 18.9. The van der Waals surface area contributed by atoms with Gasteiger partial charge in [-0.05, 0) is 42.8 Å². The van der Waals surface area contributed by atoms with Gasteiger partial charge < -0.3 is 4.90 Å². The number of aromatic nitrogens is 1. The second-order valence-electron chi connectivity index (χ2n) is 6.93. The molecule has 6 heteroatoms. The second kappa shape index (κ2) is 8.74. The number of anilines is 1. The van der Waals surface area contributed by atoms with Gasteiger partial charge in [0.25, 0.3) is 0 Å². The van der Waals surface area contributed by atoms with E-state index < -0.39 is 0 Å². The Hall–Kier alpha value is -2.39. The van der Waals surface area contributed by atoms with E-state index in [1.165, 1.54) is 5.69 Å². The van der Waals surface area contributed by atoms with E-state index in [0.717, 1.165) is 60.4 Å². The van der Waals surface area contributed by atoms with Crippen LogP contribution in [0.1, 0.15) is 17.7 Å². The first-order chi connectivity index (χ1) is 13.7. The Labute approximate surface area is 174 Å². The summed E-state index contributed by atoms with van der Waals surface area (Å²) in [5.41, 5.74) is 4.14. The Kier molecular flexibility index (Phi) is 5.92. The van der Waals surface area contributed by atoms with Crippen LogP contribution in [-0.2, 0) is 6.54 Å². The lowest BCUT2D eigenvalue weighted by atomic mass is 10.2. The van der Waals surface area contributed by atoms with E-state index in [2.05, 4.69) is 21.2 Å². The number of halogens is 1. The van der Waals surface area contributed by atoms with Crippen molar-refractivity contribution in [1.29, 1.82) is 5.26 Å². The summed E-state index contributed by atoms with van der Waals surface area (Å²) in [5, 5.41) is 12.9. The third-order valence-corrected chi connectivity index (χ3v) is 6.17. The van der Waals surface area contributed by atoms with Crippen molar-refractivity contribution >= 4 is 28.6 Å². The van der Waals surface area contributed by atoms with E-state index in [1.54, 1.807) is 11.3 Å². The summed E-state index contributed by atoms with van der Waals surface area (Å²) in [6, 6.07) is 17.9. The summed E-state index contributed by atoms with van der Waals surface area (Å²) in [6.45, 7) is 4.98. The van der Waals surface area contributed by atoms with Gasteiger partial charge in [-0.1, -0.05) is 23.7 Å². The van der Waals surface area contributed by atoms with Crippen molar-refractivity contribution in [3.05, 3.63) is 70.2 Å². The number of nitriles is 1. The van der Waals surface area contributed by atoms with Crippen LogP contribution < -0.4 is 4.90 Å². The molecule has 0 atom stereocenters. The molecule has 1 fully saturated rings. The van der Waals surface area contributed by atoms with Crippen LogP contribution in [-0.4, -0.2) is 36.1 Å². The predicted molar refractivity (Wildman–Crippen MR) is 116 cm³/mol. The van der Waals surface area contributed by atoms with Crippen LogP contribution in [0.2, 0.25) is 5.02 Å². The number of benzene rings is 2. The van der Waals surface area contributed by atoms with E-state index in [4.69, 9.17) is 21.8 Å². The monoisotopic (exact) mass is 408 g/mol. The van der Waals surface area contributed by atoms with Gasteiger partial charge in [-0.3, -0.25) is 4.90 Å². The Bertz CT molecular complexity index is 959.